The summed E-state index contributed by atoms with van der Waals surface area (Å²) in [5.41, 5.74) is 8.13. The molecule has 1 fully saturated rings. The topological polar surface area (TPSA) is 72.6 Å². The lowest BCUT2D eigenvalue weighted by Gasteiger charge is -2.17. The largest absolute Gasteiger partial charge is 0.469 e. The number of methoxy groups -OCH3 is 1. The van der Waals surface area contributed by atoms with Gasteiger partial charge in [-0.2, -0.15) is 0 Å². The van der Waals surface area contributed by atoms with E-state index in [0.29, 0.717) is 12.2 Å². The zero-order chi connectivity index (χ0) is 13.3. The van der Waals surface area contributed by atoms with E-state index < -0.39 is 0 Å². The first-order valence-corrected chi connectivity index (χ1v) is 5.77. The van der Waals surface area contributed by atoms with Crippen molar-refractivity contribution in [2.24, 2.45) is 5.92 Å². The molecule has 5 heteroatoms. The molecule has 0 bridgehead atoms. The Kier molecular flexibility index (Phi) is 3.23. The third-order valence-corrected chi connectivity index (χ3v) is 3.22. The highest BCUT2D eigenvalue weighted by atomic mass is 16.5. The molecule has 18 heavy (non-hydrogen) atoms. The zero-order valence-electron chi connectivity index (χ0n) is 10.5. The molecule has 5 nitrogen and oxygen atoms in total. The van der Waals surface area contributed by atoms with Crippen molar-refractivity contribution in [3.63, 3.8) is 0 Å². The van der Waals surface area contributed by atoms with Gasteiger partial charge in [-0.1, -0.05) is 0 Å². The summed E-state index contributed by atoms with van der Waals surface area (Å²) in [6.07, 6.45) is 0.204. The molecule has 1 aromatic rings. The second-order valence-corrected chi connectivity index (χ2v) is 4.47. The molecule has 1 heterocycles. The van der Waals surface area contributed by atoms with Crippen LogP contribution in [0.25, 0.3) is 0 Å². The van der Waals surface area contributed by atoms with Crippen LogP contribution in [0.4, 0.5) is 11.4 Å². The molecule has 1 aliphatic heterocycles. The molecular formula is C13H16N2O3. The maximum absolute atomic E-state index is 11.9. The highest BCUT2D eigenvalue weighted by Crippen LogP contribution is 2.27. The van der Waals surface area contributed by atoms with E-state index in [1.807, 2.05) is 13.0 Å². The van der Waals surface area contributed by atoms with Gasteiger partial charge in [0.05, 0.1) is 13.0 Å². The molecule has 0 saturated carbocycles. The fourth-order valence-electron chi connectivity index (χ4n) is 2.11. The first-order valence-electron chi connectivity index (χ1n) is 5.77. The number of ether oxygens (including phenoxy) is 1. The molecule has 1 atom stereocenters. The minimum absolute atomic E-state index is 0.0606. The number of hydrogen-bond donors (Lipinski definition) is 1. The lowest BCUT2D eigenvalue weighted by atomic mass is 10.1. The molecule has 1 aromatic carbocycles. The smallest absolute Gasteiger partial charge is 0.311 e. The van der Waals surface area contributed by atoms with Gasteiger partial charge in [-0.15, -0.1) is 0 Å². The maximum atomic E-state index is 11.9. The summed E-state index contributed by atoms with van der Waals surface area (Å²) in [6.45, 7) is 2.26. The summed E-state index contributed by atoms with van der Waals surface area (Å²) in [5, 5.41) is 0. The van der Waals surface area contributed by atoms with Gasteiger partial charge >= 0.3 is 5.97 Å². The molecule has 1 unspecified atom stereocenters. The monoisotopic (exact) mass is 248 g/mol. The average Bonchev–Trinajstić information content (AvgIpc) is 2.74. The van der Waals surface area contributed by atoms with Crippen molar-refractivity contribution in [2.75, 3.05) is 24.3 Å². The molecule has 0 spiro atoms. The Morgan fingerprint density at radius 1 is 1.50 bits per heavy atom. The van der Waals surface area contributed by atoms with E-state index in [2.05, 4.69) is 4.74 Å². The van der Waals surface area contributed by atoms with Crippen LogP contribution in [0.15, 0.2) is 18.2 Å². The molecule has 1 amide bonds. The van der Waals surface area contributed by atoms with Crippen LogP contribution in [0.2, 0.25) is 0 Å². The third-order valence-electron chi connectivity index (χ3n) is 3.22. The van der Waals surface area contributed by atoms with Crippen molar-refractivity contribution in [2.45, 2.75) is 13.3 Å². The first kappa shape index (κ1) is 12.4. The van der Waals surface area contributed by atoms with Crippen LogP contribution in [-0.2, 0) is 14.3 Å². The minimum Gasteiger partial charge on any atom is -0.469 e. The predicted octanol–water partition coefficient (Wildman–Crippen LogP) is 1.10. The summed E-state index contributed by atoms with van der Waals surface area (Å²) in [5.74, 6) is -0.770. The second-order valence-electron chi connectivity index (χ2n) is 4.47. The van der Waals surface area contributed by atoms with E-state index >= 15 is 0 Å². The second kappa shape index (κ2) is 4.68. The molecule has 2 N–H and O–H groups in total. The lowest BCUT2D eigenvalue weighted by Crippen LogP contribution is -2.26. The van der Waals surface area contributed by atoms with Crippen molar-refractivity contribution in [1.82, 2.24) is 0 Å². The Bertz CT molecular complexity index is 499. The van der Waals surface area contributed by atoms with Gasteiger partial charge in [-0.3, -0.25) is 9.59 Å². The highest BCUT2D eigenvalue weighted by molar-refractivity contribution is 5.99. The summed E-state index contributed by atoms with van der Waals surface area (Å²) in [4.78, 5) is 24.9. The predicted molar refractivity (Wildman–Crippen MR) is 68.1 cm³/mol. The van der Waals surface area contributed by atoms with Crippen LogP contribution in [-0.4, -0.2) is 25.5 Å². The Hall–Kier alpha value is -2.04. The van der Waals surface area contributed by atoms with E-state index in [0.717, 1.165) is 11.3 Å². The van der Waals surface area contributed by atoms with Crippen LogP contribution in [0.3, 0.4) is 0 Å². The molecule has 96 valence electrons. The number of amides is 1. The highest BCUT2D eigenvalue weighted by Gasteiger charge is 2.35. The van der Waals surface area contributed by atoms with Crippen LogP contribution in [0.1, 0.15) is 12.0 Å². The normalized spacial score (nSPS) is 19.1. The quantitative estimate of drug-likeness (QED) is 0.628. The van der Waals surface area contributed by atoms with E-state index in [1.54, 1.807) is 17.0 Å². The van der Waals surface area contributed by atoms with Crippen molar-refractivity contribution in [3.8, 4) is 0 Å². The van der Waals surface area contributed by atoms with E-state index in [9.17, 15) is 9.59 Å². The van der Waals surface area contributed by atoms with Gasteiger partial charge < -0.3 is 15.4 Å². The van der Waals surface area contributed by atoms with Gasteiger partial charge in [-0.05, 0) is 30.7 Å². The Labute approximate surface area is 106 Å². The number of rotatable bonds is 2. The summed E-state index contributed by atoms with van der Waals surface area (Å²) < 4.78 is 4.67. The fraction of sp³-hybridized carbons (Fsp3) is 0.385. The Morgan fingerprint density at radius 3 is 2.83 bits per heavy atom. The van der Waals surface area contributed by atoms with Crippen molar-refractivity contribution < 1.29 is 14.3 Å². The number of hydrogen-bond acceptors (Lipinski definition) is 4. The number of anilines is 2. The standard InChI is InChI=1S/C13H16N2O3/c1-8-5-10(3-4-11(8)14)15-7-9(6-12(15)16)13(17)18-2/h3-5,9H,6-7,14H2,1-2H3. The van der Waals surface area contributed by atoms with Crippen molar-refractivity contribution in [3.05, 3.63) is 23.8 Å². The summed E-state index contributed by atoms with van der Waals surface area (Å²) in [7, 11) is 1.34. The minimum atomic E-state index is -0.375. The van der Waals surface area contributed by atoms with Gasteiger partial charge in [0.1, 0.15) is 0 Å². The van der Waals surface area contributed by atoms with Crippen LogP contribution < -0.4 is 10.6 Å². The average molecular weight is 248 g/mol. The number of nitrogens with zero attached hydrogens (tertiary/aromatic N) is 1. The van der Waals surface area contributed by atoms with Gasteiger partial charge in [-0.25, -0.2) is 0 Å². The SMILES string of the molecule is COC(=O)C1CC(=O)N(c2ccc(N)c(C)c2)C1. The molecular weight excluding hydrogens is 232 g/mol. The van der Waals surface area contributed by atoms with Gasteiger partial charge in [0.2, 0.25) is 5.91 Å². The van der Waals surface area contributed by atoms with Gasteiger partial charge in [0.25, 0.3) is 0 Å². The Balaban J connectivity index is 2.21. The van der Waals surface area contributed by atoms with Crippen molar-refractivity contribution in [1.29, 1.82) is 0 Å². The van der Waals surface area contributed by atoms with Crippen molar-refractivity contribution >= 4 is 23.3 Å². The number of esters is 1. The number of carbonyl (C=O) groups is 2. The van der Waals surface area contributed by atoms with Gasteiger partial charge in [0.15, 0.2) is 0 Å². The molecule has 1 saturated heterocycles. The number of nitrogen functional groups attached to an aromatic ring is 1. The number of carbonyl (C=O) groups excluding carboxylic acids is 2. The lowest BCUT2D eigenvalue weighted by molar-refractivity contribution is -0.145. The molecule has 0 radical (unpaired) electrons. The molecule has 1 aliphatic rings. The molecule has 0 aromatic heterocycles. The van der Waals surface area contributed by atoms with E-state index in [1.165, 1.54) is 7.11 Å². The number of aryl methyl sites for hydroxylation is 1. The third kappa shape index (κ3) is 2.16. The molecule has 0 aliphatic carbocycles. The van der Waals surface area contributed by atoms with E-state index in [-0.39, 0.29) is 24.2 Å². The fourth-order valence-corrected chi connectivity index (χ4v) is 2.11. The zero-order valence-corrected chi connectivity index (χ0v) is 10.5. The summed E-state index contributed by atoms with van der Waals surface area (Å²) >= 11 is 0. The Morgan fingerprint density at radius 2 is 2.22 bits per heavy atom. The number of benzene rings is 1. The summed E-state index contributed by atoms with van der Waals surface area (Å²) in [6, 6.07) is 5.41. The van der Waals surface area contributed by atoms with Crippen LogP contribution in [0.5, 0.6) is 0 Å². The molecule has 2 rings (SSSR count). The first-order chi connectivity index (χ1) is 8.52. The van der Waals surface area contributed by atoms with Crippen LogP contribution >= 0.6 is 0 Å². The number of nitrogens with two attached hydrogens (primary N) is 1. The van der Waals surface area contributed by atoms with E-state index in [4.69, 9.17) is 5.73 Å². The van der Waals surface area contributed by atoms with Gasteiger partial charge in [0, 0.05) is 24.3 Å². The maximum Gasteiger partial charge on any atom is 0.311 e. The van der Waals surface area contributed by atoms with Crippen LogP contribution in [0, 0.1) is 12.8 Å².